The quantitative estimate of drug-likeness (QED) is 0.502. The zero-order valence-electron chi connectivity index (χ0n) is 11.7. The van der Waals surface area contributed by atoms with E-state index in [-0.39, 0.29) is 18.3 Å². The largest absolute Gasteiger partial charge is 0.494 e. The molecule has 2 rings (SSSR count). The Labute approximate surface area is 117 Å². The summed E-state index contributed by atoms with van der Waals surface area (Å²) in [4.78, 5) is 11.4. The summed E-state index contributed by atoms with van der Waals surface area (Å²) >= 11 is 0. The fourth-order valence-electron chi connectivity index (χ4n) is 2.28. The molecule has 1 heterocycles. The summed E-state index contributed by atoms with van der Waals surface area (Å²) in [5.41, 5.74) is 1.80. The first-order chi connectivity index (χ1) is 9.41. The molecule has 1 aromatic heterocycles. The molecular weight excluding hydrogens is 258 g/mol. The minimum absolute atomic E-state index is 0.0417. The van der Waals surface area contributed by atoms with E-state index in [1.807, 2.05) is 12.2 Å². The number of aromatic nitrogens is 1. The molecule has 1 aromatic rings. The molecule has 0 saturated carbocycles. The first-order valence-electron chi connectivity index (χ1n) is 6.55. The Morgan fingerprint density at radius 2 is 1.85 bits per heavy atom. The highest BCUT2D eigenvalue weighted by atomic mass is 16.5. The van der Waals surface area contributed by atoms with Gasteiger partial charge in [-0.3, -0.25) is 4.57 Å². The molecule has 0 fully saturated rings. The third-order valence-corrected chi connectivity index (χ3v) is 3.32. The molecule has 0 saturated heterocycles. The lowest BCUT2D eigenvalue weighted by molar-refractivity contribution is -0.144. The van der Waals surface area contributed by atoms with Gasteiger partial charge in [0, 0.05) is 16.7 Å². The van der Waals surface area contributed by atoms with E-state index < -0.39 is 12.1 Å². The van der Waals surface area contributed by atoms with Crippen molar-refractivity contribution in [3.05, 3.63) is 35.4 Å². The SMILES string of the molecule is C=C(C)C(=O)OC(C)Cn1c(O)c2c(c1O)CC=CC2. The van der Waals surface area contributed by atoms with Gasteiger partial charge < -0.3 is 14.9 Å². The Bertz CT molecular complexity index is 552. The van der Waals surface area contributed by atoms with Crippen LogP contribution >= 0.6 is 0 Å². The molecule has 1 aliphatic carbocycles. The second-order valence-corrected chi connectivity index (χ2v) is 5.09. The van der Waals surface area contributed by atoms with Crippen LogP contribution in [0.5, 0.6) is 11.8 Å². The van der Waals surface area contributed by atoms with E-state index in [4.69, 9.17) is 4.74 Å². The molecule has 0 radical (unpaired) electrons. The van der Waals surface area contributed by atoms with E-state index in [0.29, 0.717) is 18.4 Å². The summed E-state index contributed by atoms with van der Waals surface area (Å²) in [6.45, 7) is 6.99. The number of hydrogen-bond donors (Lipinski definition) is 2. The van der Waals surface area contributed by atoms with Crippen molar-refractivity contribution in [2.24, 2.45) is 0 Å². The standard InChI is InChI=1S/C15H19NO4/c1-9(2)15(19)20-10(3)8-16-13(17)11-6-4-5-7-12(11)14(16)18/h4-5,10,17-18H,1,6-8H2,2-3H3. The molecule has 1 aliphatic rings. The molecule has 5 nitrogen and oxygen atoms in total. The highest BCUT2D eigenvalue weighted by Gasteiger charge is 2.24. The van der Waals surface area contributed by atoms with Crippen molar-refractivity contribution in [3.8, 4) is 11.8 Å². The first kappa shape index (κ1) is 14.2. The van der Waals surface area contributed by atoms with Crippen molar-refractivity contribution in [1.82, 2.24) is 4.57 Å². The normalized spacial score (nSPS) is 14.7. The number of ether oxygens (including phenoxy) is 1. The fraction of sp³-hybridized carbons (Fsp3) is 0.400. The van der Waals surface area contributed by atoms with Crippen molar-refractivity contribution in [1.29, 1.82) is 0 Å². The average molecular weight is 277 g/mol. The Morgan fingerprint density at radius 3 is 2.30 bits per heavy atom. The Hall–Kier alpha value is -2.17. The van der Waals surface area contributed by atoms with E-state index in [1.54, 1.807) is 13.8 Å². The first-order valence-corrected chi connectivity index (χ1v) is 6.55. The van der Waals surface area contributed by atoms with Gasteiger partial charge in [0.1, 0.15) is 6.10 Å². The van der Waals surface area contributed by atoms with Gasteiger partial charge >= 0.3 is 5.97 Å². The third kappa shape index (κ3) is 2.57. The van der Waals surface area contributed by atoms with Gasteiger partial charge in [0.2, 0.25) is 0 Å². The Balaban J connectivity index is 2.16. The minimum atomic E-state index is -0.477. The number of hydrogen-bond acceptors (Lipinski definition) is 4. The number of allylic oxidation sites excluding steroid dienone is 2. The fourth-order valence-corrected chi connectivity index (χ4v) is 2.28. The van der Waals surface area contributed by atoms with E-state index >= 15 is 0 Å². The Kier molecular flexibility index (Phi) is 3.88. The van der Waals surface area contributed by atoms with Crippen LogP contribution in [-0.2, 0) is 28.9 Å². The van der Waals surface area contributed by atoms with Gasteiger partial charge in [0.25, 0.3) is 0 Å². The van der Waals surface area contributed by atoms with E-state index in [2.05, 4.69) is 6.58 Å². The van der Waals surface area contributed by atoms with Gasteiger partial charge in [-0.05, 0) is 26.7 Å². The van der Waals surface area contributed by atoms with Crippen molar-refractivity contribution < 1.29 is 19.7 Å². The molecule has 0 aliphatic heterocycles. The molecule has 2 N–H and O–H groups in total. The monoisotopic (exact) mass is 277 g/mol. The maximum absolute atomic E-state index is 11.4. The van der Waals surface area contributed by atoms with Crippen molar-refractivity contribution in [2.45, 2.75) is 39.3 Å². The molecule has 1 unspecified atom stereocenters. The number of carbonyl (C=O) groups excluding carboxylic acids is 1. The van der Waals surface area contributed by atoms with E-state index in [9.17, 15) is 15.0 Å². The molecular formula is C15H19NO4. The summed E-state index contributed by atoms with van der Waals surface area (Å²) in [5, 5.41) is 20.3. The van der Waals surface area contributed by atoms with Crippen LogP contribution in [0.4, 0.5) is 0 Å². The van der Waals surface area contributed by atoms with Crippen LogP contribution < -0.4 is 0 Å². The lowest BCUT2D eigenvalue weighted by Crippen LogP contribution is -2.20. The molecule has 0 aromatic carbocycles. The molecule has 1 atom stereocenters. The van der Waals surface area contributed by atoms with Gasteiger partial charge in [-0.2, -0.15) is 0 Å². The topological polar surface area (TPSA) is 71.7 Å². The zero-order valence-corrected chi connectivity index (χ0v) is 11.7. The van der Waals surface area contributed by atoms with Crippen LogP contribution in [0.2, 0.25) is 0 Å². The predicted molar refractivity (Wildman–Crippen MR) is 74.7 cm³/mol. The molecule has 108 valence electrons. The summed E-state index contributed by atoms with van der Waals surface area (Å²) in [6.07, 6.45) is 4.63. The highest BCUT2D eigenvalue weighted by Crippen LogP contribution is 2.37. The minimum Gasteiger partial charge on any atom is -0.494 e. The molecule has 0 amide bonds. The van der Waals surface area contributed by atoms with E-state index in [0.717, 1.165) is 11.1 Å². The number of fused-ring (bicyclic) bond motifs is 1. The molecule has 0 bridgehead atoms. The van der Waals surface area contributed by atoms with Crippen molar-refractivity contribution in [2.75, 3.05) is 0 Å². The number of nitrogens with zero attached hydrogens (tertiary/aromatic N) is 1. The summed E-state index contributed by atoms with van der Waals surface area (Å²) in [7, 11) is 0. The average Bonchev–Trinajstić information content (AvgIpc) is 2.64. The number of carbonyl (C=O) groups is 1. The molecule has 20 heavy (non-hydrogen) atoms. The van der Waals surface area contributed by atoms with Crippen LogP contribution in [-0.4, -0.2) is 26.9 Å². The lowest BCUT2D eigenvalue weighted by atomic mass is 10.0. The highest BCUT2D eigenvalue weighted by molar-refractivity contribution is 5.87. The van der Waals surface area contributed by atoms with Crippen LogP contribution in [0.15, 0.2) is 24.3 Å². The van der Waals surface area contributed by atoms with Crippen molar-refractivity contribution in [3.63, 3.8) is 0 Å². The van der Waals surface area contributed by atoms with Gasteiger partial charge in [0.05, 0.1) is 6.54 Å². The van der Waals surface area contributed by atoms with Crippen LogP contribution in [0.3, 0.4) is 0 Å². The van der Waals surface area contributed by atoms with Gasteiger partial charge in [-0.25, -0.2) is 4.79 Å². The molecule has 5 heteroatoms. The van der Waals surface area contributed by atoms with Crippen LogP contribution in [0.25, 0.3) is 0 Å². The lowest BCUT2D eigenvalue weighted by Gasteiger charge is -2.15. The number of esters is 1. The van der Waals surface area contributed by atoms with Gasteiger partial charge in [-0.1, -0.05) is 18.7 Å². The number of rotatable bonds is 4. The zero-order chi connectivity index (χ0) is 14.9. The second-order valence-electron chi connectivity index (χ2n) is 5.09. The summed E-state index contributed by atoms with van der Waals surface area (Å²) in [6, 6.07) is 0. The van der Waals surface area contributed by atoms with Gasteiger partial charge in [0.15, 0.2) is 11.8 Å². The smallest absolute Gasteiger partial charge is 0.333 e. The van der Waals surface area contributed by atoms with Crippen LogP contribution in [0, 0.1) is 0 Å². The Morgan fingerprint density at radius 1 is 1.35 bits per heavy atom. The second kappa shape index (κ2) is 5.45. The van der Waals surface area contributed by atoms with E-state index in [1.165, 1.54) is 4.57 Å². The van der Waals surface area contributed by atoms with Crippen LogP contribution in [0.1, 0.15) is 25.0 Å². The summed E-state index contributed by atoms with van der Waals surface area (Å²) in [5.74, 6) is -0.393. The third-order valence-electron chi connectivity index (χ3n) is 3.32. The maximum Gasteiger partial charge on any atom is 0.333 e. The van der Waals surface area contributed by atoms with Crippen molar-refractivity contribution >= 4 is 5.97 Å². The van der Waals surface area contributed by atoms with Gasteiger partial charge in [-0.15, -0.1) is 0 Å². The molecule has 0 spiro atoms. The summed E-state index contributed by atoms with van der Waals surface area (Å²) < 4.78 is 6.54. The predicted octanol–water partition coefficient (Wildman–Crippen LogP) is 2.06. The maximum atomic E-state index is 11.4. The number of aromatic hydroxyl groups is 2.